The highest BCUT2D eigenvalue weighted by Gasteiger charge is 2.13. The minimum absolute atomic E-state index is 0.0289. The van der Waals surface area contributed by atoms with Crippen molar-refractivity contribution in [3.63, 3.8) is 0 Å². The zero-order valence-corrected chi connectivity index (χ0v) is 13.3. The fourth-order valence-electron chi connectivity index (χ4n) is 1.53. The fraction of sp³-hybridized carbons (Fsp3) is 0.667. The van der Waals surface area contributed by atoms with E-state index in [2.05, 4.69) is 27.5 Å². The summed E-state index contributed by atoms with van der Waals surface area (Å²) in [5.41, 5.74) is 0.892. The first-order valence-electron chi connectivity index (χ1n) is 6.58. The predicted molar refractivity (Wildman–Crippen MR) is 81.5 cm³/mol. The summed E-state index contributed by atoms with van der Waals surface area (Å²) < 4.78 is 24.5. The van der Waals surface area contributed by atoms with Crippen LogP contribution in [0.2, 0.25) is 0 Å². The maximum Gasteiger partial charge on any atom is 0.215 e. The summed E-state index contributed by atoms with van der Waals surface area (Å²) in [6, 6.07) is 0. The number of aromatic nitrogens is 2. The lowest BCUT2D eigenvalue weighted by molar-refractivity contribution is 0.521. The Bertz CT molecular complexity index is 531. The lowest BCUT2D eigenvalue weighted by atomic mass is 10.3. The molecule has 1 rings (SSSR count). The summed E-state index contributed by atoms with van der Waals surface area (Å²) in [5, 5.41) is 6.25. The highest BCUT2D eigenvalue weighted by atomic mass is 32.2. The van der Waals surface area contributed by atoms with Crippen LogP contribution in [0.1, 0.15) is 18.9 Å². The van der Waals surface area contributed by atoms with E-state index in [1.807, 2.05) is 6.92 Å². The van der Waals surface area contributed by atoms with Gasteiger partial charge in [0, 0.05) is 32.7 Å². The highest BCUT2D eigenvalue weighted by Crippen LogP contribution is 2.17. The maximum absolute atomic E-state index is 11.7. The molecular formula is C12H23N5O2S. The van der Waals surface area contributed by atoms with Crippen LogP contribution in [0.25, 0.3) is 0 Å². The average molecular weight is 301 g/mol. The molecule has 0 saturated heterocycles. The molecule has 0 amide bonds. The van der Waals surface area contributed by atoms with E-state index in [9.17, 15) is 8.42 Å². The molecular weight excluding hydrogens is 278 g/mol. The van der Waals surface area contributed by atoms with Crippen LogP contribution >= 0.6 is 0 Å². The summed E-state index contributed by atoms with van der Waals surface area (Å²) in [4.78, 5) is 8.31. The Labute approximate surface area is 120 Å². The zero-order chi connectivity index (χ0) is 15.2. The van der Waals surface area contributed by atoms with Crippen LogP contribution in [0.3, 0.4) is 0 Å². The summed E-state index contributed by atoms with van der Waals surface area (Å²) in [6.07, 6.45) is 2.47. The molecule has 1 aromatic heterocycles. The third-order valence-electron chi connectivity index (χ3n) is 2.84. The number of sulfonamides is 1. The van der Waals surface area contributed by atoms with E-state index in [4.69, 9.17) is 0 Å². The van der Waals surface area contributed by atoms with E-state index < -0.39 is 10.0 Å². The molecule has 1 heterocycles. The topological polar surface area (TPSA) is 87.2 Å². The monoisotopic (exact) mass is 301 g/mol. The second-order valence-electron chi connectivity index (χ2n) is 4.65. The molecule has 0 aliphatic rings. The fourth-order valence-corrected chi connectivity index (χ4v) is 2.26. The minimum Gasteiger partial charge on any atom is -0.370 e. The minimum atomic E-state index is -3.19. The van der Waals surface area contributed by atoms with E-state index >= 15 is 0 Å². The van der Waals surface area contributed by atoms with Gasteiger partial charge in [0.2, 0.25) is 10.0 Å². The highest BCUT2D eigenvalue weighted by molar-refractivity contribution is 7.89. The molecule has 1 aromatic rings. The number of rotatable bonds is 8. The molecule has 0 saturated carbocycles. The SMILES string of the molecule is CCCNc1ncnc(NCCS(=O)(=O)N(C)C)c1C. The molecule has 7 nitrogen and oxygen atoms in total. The van der Waals surface area contributed by atoms with Crippen LogP contribution in [0, 0.1) is 6.92 Å². The molecule has 0 fully saturated rings. The van der Waals surface area contributed by atoms with Gasteiger partial charge in [0.05, 0.1) is 5.75 Å². The van der Waals surface area contributed by atoms with Gasteiger partial charge in [-0.3, -0.25) is 0 Å². The van der Waals surface area contributed by atoms with Crippen molar-refractivity contribution >= 4 is 21.7 Å². The Balaban J connectivity index is 2.65. The van der Waals surface area contributed by atoms with Crippen LogP contribution in [0.15, 0.2) is 6.33 Å². The van der Waals surface area contributed by atoms with Gasteiger partial charge in [-0.25, -0.2) is 22.7 Å². The Hall–Kier alpha value is -1.41. The van der Waals surface area contributed by atoms with E-state index in [0.29, 0.717) is 12.4 Å². The quantitative estimate of drug-likeness (QED) is 0.742. The largest absolute Gasteiger partial charge is 0.370 e. The van der Waals surface area contributed by atoms with Crippen molar-refractivity contribution in [1.82, 2.24) is 14.3 Å². The molecule has 2 N–H and O–H groups in total. The first kappa shape index (κ1) is 16.6. The van der Waals surface area contributed by atoms with Crippen molar-refractivity contribution in [2.24, 2.45) is 0 Å². The third-order valence-corrected chi connectivity index (χ3v) is 4.67. The van der Waals surface area contributed by atoms with Crippen molar-refractivity contribution in [3.8, 4) is 0 Å². The van der Waals surface area contributed by atoms with Gasteiger partial charge in [-0.2, -0.15) is 0 Å². The Kier molecular flexibility index (Phi) is 6.15. The van der Waals surface area contributed by atoms with Gasteiger partial charge < -0.3 is 10.6 Å². The van der Waals surface area contributed by atoms with E-state index in [-0.39, 0.29) is 5.75 Å². The van der Waals surface area contributed by atoms with Crippen molar-refractivity contribution in [2.75, 3.05) is 43.6 Å². The van der Waals surface area contributed by atoms with Crippen molar-refractivity contribution in [3.05, 3.63) is 11.9 Å². The van der Waals surface area contributed by atoms with E-state index in [1.54, 1.807) is 0 Å². The van der Waals surface area contributed by atoms with Crippen LogP contribution in [0.5, 0.6) is 0 Å². The summed E-state index contributed by atoms with van der Waals surface area (Å²) in [5.74, 6) is 1.47. The molecule has 0 spiro atoms. The predicted octanol–water partition coefficient (Wildman–Crippen LogP) is 0.910. The Morgan fingerprint density at radius 1 is 1.15 bits per heavy atom. The van der Waals surface area contributed by atoms with Crippen molar-refractivity contribution < 1.29 is 8.42 Å². The van der Waals surface area contributed by atoms with E-state index in [1.165, 1.54) is 24.7 Å². The Morgan fingerprint density at radius 2 is 1.70 bits per heavy atom. The number of hydrogen-bond acceptors (Lipinski definition) is 6. The summed E-state index contributed by atoms with van der Waals surface area (Å²) in [6.45, 7) is 5.13. The molecule has 0 aliphatic heterocycles. The Morgan fingerprint density at radius 3 is 2.20 bits per heavy atom. The second-order valence-corrected chi connectivity index (χ2v) is 6.95. The standard InChI is InChI=1S/C12H23N5O2S/c1-5-6-13-11-10(2)12(16-9-15-11)14-7-8-20(18,19)17(3)4/h9H,5-8H2,1-4H3,(H2,13,14,15,16). The van der Waals surface area contributed by atoms with Gasteiger partial charge in [0.25, 0.3) is 0 Å². The van der Waals surface area contributed by atoms with Gasteiger partial charge in [0.15, 0.2) is 0 Å². The molecule has 20 heavy (non-hydrogen) atoms. The molecule has 0 radical (unpaired) electrons. The third kappa shape index (κ3) is 4.61. The first-order chi connectivity index (χ1) is 9.38. The summed E-state index contributed by atoms with van der Waals surface area (Å²) >= 11 is 0. The maximum atomic E-state index is 11.7. The molecule has 114 valence electrons. The van der Waals surface area contributed by atoms with Gasteiger partial charge in [-0.05, 0) is 13.3 Å². The zero-order valence-electron chi connectivity index (χ0n) is 12.5. The second kappa shape index (κ2) is 7.39. The van der Waals surface area contributed by atoms with Crippen molar-refractivity contribution in [2.45, 2.75) is 20.3 Å². The van der Waals surface area contributed by atoms with Crippen LogP contribution in [0.4, 0.5) is 11.6 Å². The smallest absolute Gasteiger partial charge is 0.215 e. The molecule has 8 heteroatoms. The lowest BCUT2D eigenvalue weighted by Gasteiger charge is -2.14. The van der Waals surface area contributed by atoms with Crippen LogP contribution in [-0.2, 0) is 10.0 Å². The number of hydrogen-bond donors (Lipinski definition) is 2. The van der Waals surface area contributed by atoms with Gasteiger partial charge in [-0.15, -0.1) is 0 Å². The molecule has 0 unspecified atom stereocenters. The molecule has 0 aliphatic carbocycles. The number of nitrogens with zero attached hydrogens (tertiary/aromatic N) is 3. The van der Waals surface area contributed by atoms with Gasteiger partial charge in [0.1, 0.15) is 18.0 Å². The average Bonchev–Trinajstić information content (AvgIpc) is 2.39. The van der Waals surface area contributed by atoms with Crippen LogP contribution in [-0.4, -0.2) is 55.6 Å². The van der Waals surface area contributed by atoms with Gasteiger partial charge >= 0.3 is 0 Å². The number of nitrogens with one attached hydrogen (secondary N) is 2. The van der Waals surface area contributed by atoms with Crippen molar-refractivity contribution in [1.29, 1.82) is 0 Å². The van der Waals surface area contributed by atoms with Crippen LogP contribution < -0.4 is 10.6 Å². The molecule has 0 bridgehead atoms. The number of anilines is 2. The first-order valence-corrected chi connectivity index (χ1v) is 8.19. The van der Waals surface area contributed by atoms with E-state index in [0.717, 1.165) is 24.3 Å². The normalized spacial score (nSPS) is 11.7. The molecule has 0 atom stereocenters. The summed E-state index contributed by atoms with van der Waals surface area (Å²) in [7, 11) is -0.142. The van der Waals surface area contributed by atoms with Gasteiger partial charge in [-0.1, -0.05) is 6.92 Å². The molecule has 0 aromatic carbocycles. The lowest BCUT2D eigenvalue weighted by Crippen LogP contribution is -2.28.